The molecule has 0 aromatic heterocycles. The summed E-state index contributed by atoms with van der Waals surface area (Å²) < 4.78 is 5.22. The molecule has 0 radical (unpaired) electrons. The zero-order chi connectivity index (χ0) is 17.0. The molecular formula is C16H21NO5. The molecular weight excluding hydrogens is 286 g/mol. The molecule has 1 aromatic rings. The molecule has 0 saturated carbocycles. The number of hydrogen-bond acceptors (Lipinski definition) is 5. The van der Waals surface area contributed by atoms with E-state index < -0.39 is 23.1 Å². The van der Waals surface area contributed by atoms with Crippen LogP contribution in [0.1, 0.15) is 40.2 Å². The molecule has 1 rings (SSSR count). The molecule has 0 fully saturated rings. The van der Waals surface area contributed by atoms with Crippen LogP contribution in [0.25, 0.3) is 0 Å². The van der Waals surface area contributed by atoms with Gasteiger partial charge in [0.2, 0.25) is 5.60 Å². The number of rotatable bonds is 5. The van der Waals surface area contributed by atoms with Gasteiger partial charge >= 0.3 is 11.9 Å². The van der Waals surface area contributed by atoms with Crippen LogP contribution in [0, 0.1) is 0 Å². The zero-order valence-electron chi connectivity index (χ0n) is 13.4. The number of benzene rings is 1. The summed E-state index contributed by atoms with van der Waals surface area (Å²) in [5, 5.41) is 12.9. The standard InChI is InChI=1S/C16H21NO5/c1-15(2,3)21-14(20)16(4,5)22-17-12(13(18)19)11-9-7-6-8-10-11/h6-10H,1-5H3,(H,18,19). The number of oxime groups is 1. The summed E-state index contributed by atoms with van der Waals surface area (Å²) in [6.45, 7) is 8.13. The number of carboxylic acids is 1. The summed E-state index contributed by atoms with van der Waals surface area (Å²) in [6.07, 6.45) is 0. The minimum atomic E-state index is -1.40. The first-order valence-corrected chi connectivity index (χ1v) is 6.81. The van der Waals surface area contributed by atoms with Gasteiger partial charge in [-0.1, -0.05) is 35.5 Å². The van der Waals surface area contributed by atoms with Crippen LogP contribution in [0.3, 0.4) is 0 Å². The predicted octanol–water partition coefficient (Wildman–Crippen LogP) is 2.61. The topological polar surface area (TPSA) is 85.2 Å². The Labute approximate surface area is 129 Å². The molecule has 0 aliphatic rings. The first-order valence-electron chi connectivity index (χ1n) is 6.81. The van der Waals surface area contributed by atoms with E-state index in [9.17, 15) is 14.7 Å². The Balaban J connectivity index is 2.95. The lowest BCUT2D eigenvalue weighted by atomic mass is 10.1. The van der Waals surface area contributed by atoms with Crippen molar-refractivity contribution in [1.82, 2.24) is 0 Å². The summed E-state index contributed by atoms with van der Waals surface area (Å²) >= 11 is 0. The van der Waals surface area contributed by atoms with Crippen LogP contribution in [-0.2, 0) is 19.2 Å². The van der Waals surface area contributed by atoms with Gasteiger partial charge in [0, 0.05) is 5.56 Å². The number of hydrogen-bond donors (Lipinski definition) is 1. The van der Waals surface area contributed by atoms with Crippen molar-refractivity contribution in [2.45, 2.75) is 45.8 Å². The van der Waals surface area contributed by atoms with Crippen LogP contribution in [0.2, 0.25) is 0 Å². The fourth-order valence-electron chi connectivity index (χ4n) is 1.41. The predicted molar refractivity (Wildman–Crippen MR) is 81.6 cm³/mol. The molecule has 0 amide bonds. The van der Waals surface area contributed by atoms with Crippen LogP contribution in [0.15, 0.2) is 35.5 Å². The van der Waals surface area contributed by atoms with E-state index >= 15 is 0 Å². The van der Waals surface area contributed by atoms with Crippen molar-refractivity contribution >= 4 is 17.7 Å². The van der Waals surface area contributed by atoms with E-state index in [0.29, 0.717) is 5.56 Å². The molecule has 0 unspecified atom stereocenters. The molecule has 6 heteroatoms. The Morgan fingerprint density at radius 2 is 1.59 bits per heavy atom. The Kier molecular flexibility index (Phi) is 5.30. The maximum atomic E-state index is 12.0. The van der Waals surface area contributed by atoms with E-state index in [1.807, 2.05) is 0 Å². The number of carbonyl (C=O) groups is 2. The number of nitrogens with zero attached hydrogens (tertiary/aromatic N) is 1. The summed E-state index contributed by atoms with van der Waals surface area (Å²) in [4.78, 5) is 28.5. The first kappa shape index (κ1) is 17.7. The lowest BCUT2D eigenvalue weighted by Gasteiger charge is -2.26. The van der Waals surface area contributed by atoms with Crippen molar-refractivity contribution < 1.29 is 24.3 Å². The van der Waals surface area contributed by atoms with Gasteiger partial charge in [-0.05, 0) is 34.6 Å². The molecule has 22 heavy (non-hydrogen) atoms. The maximum absolute atomic E-state index is 12.0. The van der Waals surface area contributed by atoms with Gasteiger partial charge < -0.3 is 14.7 Å². The lowest BCUT2D eigenvalue weighted by Crippen LogP contribution is -2.40. The van der Waals surface area contributed by atoms with Crippen LogP contribution in [-0.4, -0.2) is 34.0 Å². The van der Waals surface area contributed by atoms with Crippen LogP contribution in [0.5, 0.6) is 0 Å². The maximum Gasteiger partial charge on any atom is 0.358 e. The molecule has 1 aromatic carbocycles. The second-order valence-electron chi connectivity index (χ2n) is 6.21. The van der Waals surface area contributed by atoms with E-state index in [1.54, 1.807) is 51.1 Å². The van der Waals surface area contributed by atoms with Gasteiger partial charge in [0.15, 0.2) is 5.71 Å². The van der Waals surface area contributed by atoms with Crippen molar-refractivity contribution in [2.75, 3.05) is 0 Å². The van der Waals surface area contributed by atoms with Crippen molar-refractivity contribution in [3.63, 3.8) is 0 Å². The minimum Gasteiger partial charge on any atom is -0.476 e. The van der Waals surface area contributed by atoms with Gasteiger partial charge in [0.05, 0.1) is 0 Å². The third-order valence-corrected chi connectivity index (χ3v) is 2.51. The third kappa shape index (κ3) is 5.20. The summed E-state index contributed by atoms with van der Waals surface area (Å²) in [7, 11) is 0. The number of carboxylic acid groups (broad SMARTS) is 1. The molecule has 0 aliphatic carbocycles. The van der Waals surface area contributed by atoms with Gasteiger partial charge in [-0.25, -0.2) is 9.59 Å². The number of aliphatic carboxylic acids is 1. The quantitative estimate of drug-likeness (QED) is 0.513. The largest absolute Gasteiger partial charge is 0.476 e. The van der Waals surface area contributed by atoms with E-state index in [-0.39, 0.29) is 5.71 Å². The molecule has 1 N–H and O–H groups in total. The van der Waals surface area contributed by atoms with Crippen LogP contribution in [0.4, 0.5) is 0 Å². The lowest BCUT2D eigenvalue weighted by molar-refractivity contribution is -0.179. The second kappa shape index (κ2) is 6.60. The van der Waals surface area contributed by atoms with E-state index in [4.69, 9.17) is 9.57 Å². The molecule has 6 nitrogen and oxygen atoms in total. The van der Waals surface area contributed by atoms with Gasteiger partial charge in [0.25, 0.3) is 0 Å². The Hall–Kier alpha value is -2.37. The van der Waals surface area contributed by atoms with Gasteiger partial charge in [-0.15, -0.1) is 0 Å². The summed E-state index contributed by atoms with van der Waals surface area (Å²) in [6, 6.07) is 8.32. The van der Waals surface area contributed by atoms with Crippen molar-refractivity contribution in [3.8, 4) is 0 Å². The number of ether oxygens (including phenoxy) is 1. The Morgan fingerprint density at radius 3 is 2.05 bits per heavy atom. The van der Waals surface area contributed by atoms with Gasteiger partial charge in [-0.2, -0.15) is 0 Å². The number of esters is 1. The average Bonchev–Trinajstić information content (AvgIpc) is 2.37. The molecule has 0 spiro atoms. The molecule has 120 valence electrons. The average molecular weight is 307 g/mol. The highest BCUT2D eigenvalue weighted by molar-refractivity contribution is 6.42. The van der Waals surface area contributed by atoms with Gasteiger partial charge in [0.1, 0.15) is 5.60 Å². The molecule has 0 aliphatic heterocycles. The van der Waals surface area contributed by atoms with E-state index in [1.165, 1.54) is 13.8 Å². The van der Waals surface area contributed by atoms with E-state index in [0.717, 1.165) is 0 Å². The second-order valence-corrected chi connectivity index (χ2v) is 6.21. The van der Waals surface area contributed by atoms with Crippen LogP contribution < -0.4 is 0 Å². The molecule has 0 atom stereocenters. The minimum absolute atomic E-state index is 0.280. The number of carbonyl (C=O) groups excluding carboxylic acids is 1. The smallest absolute Gasteiger partial charge is 0.358 e. The SMILES string of the molecule is CC(C)(C)OC(=O)C(C)(C)ON=C(C(=O)O)c1ccccc1. The highest BCUT2D eigenvalue weighted by Gasteiger charge is 2.35. The Bertz CT molecular complexity index is 570. The van der Waals surface area contributed by atoms with E-state index in [2.05, 4.69) is 5.16 Å². The monoisotopic (exact) mass is 307 g/mol. The van der Waals surface area contributed by atoms with Crippen molar-refractivity contribution in [3.05, 3.63) is 35.9 Å². The van der Waals surface area contributed by atoms with Crippen LogP contribution >= 0.6 is 0 Å². The fraction of sp³-hybridized carbons (Fsp3) is 0.438. The normalized spacial score (nSPS) is 12.7. The fourth-order valence-corrected chi connectivity index (χ4v) is 1.41. The Morgan fingerprint density at radius 1 is 1.05 bits per heavy atom. The van der Waals surface area contributed by atoms with Crippen molar-refractivity contribution in [2.24, 2.45) is 5.16 Å². The third-order valence-electron chi connectivity index (χ3n) is 2.51. The molecule has 0 saturated heterocycles. The highest BCUT2D eigenvalue weighted by atomic mass is 16.7. The zero-order valence-corrected chi connectivity index (χ0v) is 13.4. The summed E-state index contributed by atoms with van der Waals surface area (Å²) in [5.74, 6) is -1.87. The first-order chi connectivity index (χ1) is 10.0. The molecule has 0 heterocycles. The summed E-state index contributed by atoms with van der Waals surface area (Å²) in [5.41, 5.74) is -1.97. The van der Waals surface area contributed by atoms with Crippen molar-refractivity contribution in [1.29, 1.82) is 0 Å². The molecule has 0 bridgehead atoms. The van der Waals surface area contributed by atoms with Gasteiger partial charge in [-0.3, -0.25) is 0 Å². The highest BCUT2D eigenvalue weighted by Crippen LogP contribution is 2.18.